The van der Waals surface area contributed by atoms with Crippen LogP contribution >= 0.6 is 24.0 Å². The summed E-state index contributed by atoms with van der Waals surface area (Å²) in [6, 6.07) is 7.08. The van der Waals surface area contributed by atoms with Gasteiger partial charge in [0.05, 0.1) is 0 Å². The van der Waals surface area contributed by atoms with Crippen LogP contribution in [0.3, 0.4) is 0 Å². The van der Waals surface area contributed by atoms with E-state index >= 15 is 0 Å². The van der Waals surface area contributed by atoms with Crippen LogP contribution < -0.4 is 5.32 Å². The van der Waals surface area contributed by atoms with E-state index in [0.29, 0.717) is 5.41 Å². The summed E-state index contributed by atoms with van der Waals surface area (Å²) in [7, 11) is 1.87. The monoisotopic (exact) mass is 487 g/mol. The molecule has 0 amide bonds. The van der Waals surface area contributed by atoms with Gasteiger partial charge in [-0.3, -0.25) is 4.99 Å². The van der Waals surface area contributed by atoms with Crippen LogP contribution in [0.1, 0.15) is 44.1 Å². The number of aliphatic imine (C=N–C) groups is 1. The molecule has 4 rings (SSSR count). The molecule has 0 bridgehead atoms. The molecule has 2 saturated heterocycles. The Morgan fingerprint density at radius 1 is 1.22 bits per heavy atom. The third-order valence-electron chi connectivity index (χ3n) is 6.84. The highest BCUT2D eigenvalue weighted by molar-refractivity contribution is 14.0. The van der Waals surface area contributed by atoms with Crippen LogP contribution in [0.5, 0.6) is 0 Å². The predicted molar refractivity (Wildman–Crippen MR) is 117 cm³/mol. The fourth-order valence-corrected chi connectivity index (χ4v) is 4.93. The van der Waals surface area contributed by atoms with Gasteiger partial charge in [-0.15, -0.1) is 24.0 Å². The van der Waals surface area contributed by atoms with E-state index in [4.69, 9.17) is 4.74 Å². The Morgan fingerprint density at radius 2 is 2.00 bits per heavy atom. The highest BCUT2D eigenvalue weighted by Gasteiger charge is 2.44. The molecule has 1 N–H and O–H groups in total. The van der Waals surface area contributed by atoms with E-state index in [1.165, 1.54) is 31.7 Å². The average Bonchev–Trinajstić information content (AvgIpc) is 3.09. The molecule has 0 aromatic heterocycles. The molecule has 0 atom stereocenters. The van der Waals surface area contributed by atoms with Crippen molar-refractivity contribution in [2.24, 2.45) is 10.4 Å². The van der Waals surface area contributed by atoms with Crippen LogP contribution in [0.25, 0.3) is 0 Å². The van der Waals surface area contributed by atoms with Crippen LogP contribution in [-0.2, 0) is 10.2 Å². The molecule has 1 aromatic rings. The summed E-state index contributed by atoms with van der Waals surface area (Å²) >= 11 is 0. The van der Waals surface area contributed by atoms with E-state index in [0.717, 1.165) is 57.2 Å². The highest BCUT2D eigenvalue weighted by Crippen LogP contribution is 2.48. The van der Waals surface area contributed by atoms with E-state index in [2.05, 4.69) is 21.3 Å². The van der Waals surface area contributed by atoms with Crippen LogP contribution in [0.2, 0.25) is 0 Å². The molecule has 3 aliphatic rings. The van der Waals surface area contributed by atoms with Crippen molar-refractivity contribution in [3.05, 3.63) is 35.6 Å². The normalized spacial score (nSPS) is 23.6. The Labute approximate surface area is 179 Å². The molecule has 1 aromatic carbocycles. The van der Waals surface area contributed by atoms with Gasteiger partial charge >= 0.3 is 0 Å². The number of hydrogen-bond acceptors (Lipinski definition) is 2. The SMILES string of the molecule is CN=C(NCC1(c2cccc(F)c2)CCOCC1)N1CCC2(CCC2)C1.I. The Kier molecular flexibility index (Phi) is 6.66. The predicted octanol–water partition coefficient (Wildman–Crippen LogP) is 3.94. The van der Waals surface area contributed by atoms with Crippen LogP contribution in [0.15, 0.2) is 29.3 Å². The molecule has 6 heteroatoms. The van der Waals surface area contributed by atoms with E-state index in [1.54, 1.807) is 6.07 Å². The van der Waals surface area contributed by atoms with Crippen LogP contribution in [0, 0.1) is 11.2 Å². The summed E-state index contributed by atoms with van der Waals surface area (Å²) in [6.07, 6.45) is 7.21. The minimum Gasteiger partial charge on any atom is -0.381 e. The lowest BCUT2D eigenvalue weighted by Crippen LogP contribution is -2.49. The van der Waals surface area contributed by atoms with Gasteiger partial charge in [0.25, 0.3) is 0 Å². The smallest absolute Gasteiger partial charge is 0.193 e. The number of halogens is 2. The van der Waals surface area contributed by atoms with Gasteiger partial charge in [0, 0.05) is 45.3 Å². The van der Waals surface area contributed by atoms with Gasteiger partial charge in [0.15, 0.2) is 5.96 Å². The third-order valence-corrected chi connectivity index (χ3v) is 6.84. The number of guanidine groups is 1. The average molecular weight is 487 g/mol. The maximum absolute atomic E-state index is 13.9. The number of benzene rings is 1. The first-order valence-corrected chi connectivity index (χ1v) is 9.94. The molecule has 0 radical (unpaired) electrons. The van der Waals surface area contributed by atoms with E-state index < -0.39 is 0 Å². The van der Waals surface area contributed by atoms with E-state index in [-0.39, 0.29) is 35.2 Å². The Bertz CT molecular complexity index is 671. The van der Waals surface area contributed by atoms with Crippen molar-refractivity contribution in [1.29, 1.82) is 0 Å². The molecule has 4 nitrogen and oxygen atoms in total. The van der Waals surface area contributed by atoms with Gasteiger partial charge in [-0.25, -0.2) is 4.39 Å². The second kappa shape index (κ2) is 8.64. The minimum atomic E-state index is -0.163. The Hall–Kier alpha value is -0.890. The third kappa shape index (κ3) is 4.26. The summed E-state index contributed by atoms with van der Waals surface area (Å²) in [6.45, 7) is 4.45. The summed E-state index contributed by atoms with van der Waals surface area (Å²) in [5.74, 6) is 0.834. The van der Waals surface area contributed by atoms with Gasteiger partial charge in [-0.2, -0.15) is 0 Å². The molecule has 1 aliphatic carbocycles. The molecular weight excluding hydrogens is 456 g/mol. The zero-order valence-corrected chi connectivity index (χ0v) is 18.5. The van der Waals surface area contributed by atoms with E-state index in [9.17, 15) is 4.39 Å². The first-order chi connectivity index (χ1) is 12.6. The van der Waals surface area contributed by atoms with Crippen LogP contribution in [0.4, 0.5) is 4.39 Å². The standard InChI is InChI=1S/C21H30FN3O.HI/c1-23-19(25-11-8-20(16-25)6-3-7-20)24-15-21(9-12-26-13-10-21)17-4-2-5-18(22)14-17;/h2,4-5,14H,3,6-13,15-16H2,1H3,(H,23,24);1H. The van der Waals surface area contributed by atoms with Crippen molar-refractivity contribution in [2.75, 3.05) is 39.9 Å². The lowest BCUT2D eigenvalue weighted by molar-refractivity contribution is 0.0510. The summed E-state index contributed by atoms with van der Waals surface area (Å²) in [5.41, 5.74) is 1.53. The second-order valence-corrected chi connectivity index (χ2v) is 8.33. The number of hydrogen-bond donors (Lipinski definition) is 1. The largest absolute Gasteiger partial charge is 0.381 e. The summed E-state index contributed by atoms with van der Waals surface area (Å²) in [5, 5.41) is 3.62. The Morgan fingerprint density at radius 3 is 2.59 bits per heavy atom. The number of likely N-dealkylation sites (tertiary alicyclic amines) is 1. The first-order valence-electron chi connectivity index (χ1n) is 9.94. The number of rotatable bonds is 3. The minimum absolute atomic E-state index is 0. The number of ether oxygens (including phenoxy) is 1. The number of nitrogens with zero attached hydrogens (tertiary/aromatic N) is 2. The molecule has 1 spiro atoms. The van der Waals surface area contributed by atoms with Gasteiger partial charge in [-0.05, 0) is 55.2 Å². The Balaban J connectivity index is 0.00000210. The molecule has 3 fully saturated rings. The zero-order chi connectivity index (χ0) is 18.0. The summed E-state index contributed by atoms with van der Waals surface area (Å²) < 4.78 is 19.4. The summed E-state index contributed by atoms with van der Waals surface area (Å²) in [4.78, 5) is 6.96. The quantitative estimate of drug-likeness (QED) is 0.399. The second-order valence-electron chi connectivity index (χ2n) is 8.33. The van der Waals surface area contributed by atoms with E-state index in [1.807, 2.05) is 13.1 Å². The lowest BCUT2D eigenvalue weighted by Gasteiger charge is -2.40. The molecule has 2 heterocycles. The maximum Gasteiger partial charge on any atom is 0.193 e. The van der Waals surface area contributed by atoms with Crippen molar-refractivity contribution >= 4 is 29.9 Å². The molecule has 1 saturated carbocycles. The maximum atomic E-state index is 13.9. The van der Waals surface area contributed by atoms with Gasteiger partial charge in [0.2, 0.25) is 0 Å². The molecule has 0 unspecified atom stereocenters. The zero-order valence-electron chi connectivity index (χ0n) is 16.2. The van der Waals surface area contributed by atoms with Crippen molar-refractivity contribution in [3.8, 4) is 0 Å². The van der Waals surface area contributed by atoms with Crippen LogP contribution in [-0.4, -0.2) is 50.8 Å². The molecule has 150 valence electrons. The molecule has 2 aliphatic heterocycles. The lowest BCUT2D eigenvalue weighted by atomic mass is 9.68. The van der Waals surface area contributed by atoms with Crippen molar-refractivity contribution in [2.45, 2.75) is 43.9 Å². The fraction of sp³-hybridized carbons (Fsp3) is 0.667. The van der Waals surface area contributed by atoms with Gasteiger partial charge in [-0.1, -0.05) is 18.6 Å². The van der Waals surface area contributed by atoms with Crippen molar-refractivity contribution in [3.63, 3.8) is 0 Å². The fourth-order valence-electron chi connectivity index (χ4n) is 4.93. The van der Waals surface area contributed by atoms with Crippen molar-refractivity contribution < 1.29 is 9.13 Å². The topological polar surface area (TPSA) is 36.9 Å². The number of nitrogens with one attached hydrogen (secondary N) is 1. The van der Waals surface area contributed by atoms with Crippen molar-refractivity contribution in [1.82, 2.24) is 10.2 Å². The molecule has 27 heavy (non-hydrogen) atoms. The van der Waals surface area contributed by atoms with Gasteiger partial charge < -0.3 is 15.0 Å². The highest BCUT2D eigenvalue weighted by atomic mass is 127. The first kappa shape index (κ1) is 20.8. The van der Waals surface area contributed by atoms with Gasteiger partial charge in [0.1, 0.15) is 5.82 Å². The molecular formula is C21H31FIN3O.